The van der Waals surface area contributed by atoms with Gasteiger partial charge < -0.3 is 10.1 Å². The highest BCUT2D eigenvalue weighted by Crippen LogP contribution is 2.21. The Labute approximate surface area is 137 Å². The molecule has 1 aromatic carbocycles. The van der Waals surface area contributed by atoms with Crippen molar-refractivity contribution < 1.29 is 17.9 Å². The van der Waals surface area contributed by atoms with Gasteiger partial charge in [-0.3, -0.25) is 4.79 Å². The molecule has 1 aromatic rings. The van der Waals surface area contributed by atoms with Crippen LogP contribution < -0.4 is 5.32 Å². The first-order chi connectivity index (χ1) is 10.8. The molecule has 0 aromatic heterocycles. The number of hydrogen-bond donors (Lipinski definition) is 1. The van der Waals surface area contributed by atoms with E-state index in [0.717, 1.165) is 0 Å². The van der Waals surface area contributed by atoms with Crippen LogP contribution >= 0.6 is 0 Å². The van der Waals surface area contributed by atoms with E-state index in [0.29, 0.717) is 37.8 Å². The number of hydrogen-bond acceptors (Lipinski definition) is 4. The molecule has 1 heterocycles. The molecule has 1 atom stereocenters. The van der Waals surface area contributed by atoms with E-state index in [1.54, 1.807) is 12.1 Å². The van der Waals surface area contributed by atoms with Gasteiger partial charge in [0, 0.05) is 24.7 Å². The molecule has 0 aliphatic carbocycles. The lowest BCUT2D eigenvalue weighted by molar-refractivity contribution is 0.0392. The van der Waals surface area contributed by atoms with Crippen LogP contribution in [0, 0.1) is 5.92 Å². The lowest BCUT2D eigenvalue weighted by Crippen LogP contribution is -2.46. The first kappa shape index (κ1) is 17.9. The second-order valence-electron chi connectivity index (χ2n) is 6.17. The van der Waals surface area contributed by atoms with E-state index in [9.17, 15) is 13.2 Å². The Morgan fingerprint density at radius 3 is 2.83 bits per heavy atom. The summed E-state index contributed by atoms with van der Waals surface area (Å²) in [5.74, 6) is 0.0749. The van der Waals surface area contributed by atoms with Crippen LogP contribution in [0.15, 0.2) is 29.2 Å². The quantitative estimate of drug-likeness (QED) is 0.881. The standard InChI is InChI=1S/C16H24N2O4S/c1-12(2)10-17-16(19)14-5-4-6-15(9-14)23(20,21)18-7-8-22-11-13(18)3/h4-6,9,12-13H,7-8,10-11H2,1-3H3,(H,17,19). The largest absolute Gasteiger partial charge is 0.378 e. The zero-order chi connectivity index (χ0) is 17.0. The molecule has 6 nitrogen and oxygen atoms in total. The number of rotatable bonds is 5. The van der Waals surface area contributed by atoms with Crippen LogP contribution in [0.1, 0.15) is 31.1 Å². The molecule has 0 radical (unpaired) electrons. The number of ether oxygens (including phenoxy) is 1. The highest BCUT2D eigenvalue weighted by Gasteiger charge is 2.31. The van der Waals surface area contributed by atoms with E-state index in [1.165, 1.54) is 16.4 Å². The highest BCUT2D eigenvalue weighted by molar-refractivity contribution is 7.89. The van der Waals surface area contributed by atoms with Crippen LogP contribution in [0.2, 0.25) is 0 Å². The minimum Gasteiger partial charge on any atom is -0.378 e. The van der Waals surface area contributed by atoms with Gasteiger partial charge in [-0.2, -0.15) is 4.31 Å². The molecule has 1 aliphatic heterocycles. The third kappa shape index (κ3) is 4.31. The van der Waals surface area contributed by atoms with E-state index >= 15 is 0 Å². The molecule has 1 fully saturated rings. The van der Waals surface area contributed by atoms with Crippen molar-refractivity contribution in [1.82, 2.24) is 9.62 Å². The molecular formula is C16H24N2O4S. The smallest absolute Gasteiger partial charge is 0.251 e. The maximum atomic E-state index is 12.8. The van der Waals surface area contributed by atoms with Crippen molar-refractivity contribution in [3.63, 3.8) is 0 Å². The Morgan fingerprint density at radius 2 is 2.17 bits per heavy atom. The van der Waals surface area contributed by atoms with Crippen LogP contribution in [0.5, 0.6) is 0 Å². The number of benzene rings is 1. The molecule has 23 heavy (non-hydrogen) atoms. The monoisotopic (exact) mass is 340 g/mol. The maximum absolute atomic E-state index is 12.8. The summed E-state index contributed by atoms with van der Waals surface area (Å²) < 4.78 is 32.3. The predicted octanol–water partition coefficient (Wildman–Crippen LogP) is 1.48. The van der Waals surface area contributed by atoms with E-state index in [-0.39, 0.29) is 16.8 Å². The molecule has 0 saturated carbocycles. The Morgan fingerprint density at radius 1 is 1.43 bits per heavy atom. The first-order valence-electron chi connectivity index (χ1n) is 7.80. The minimum atomic E-state index is -3.63. The zero-order valence-electron chi connectivity index (χ0n) is 13.8. The molecule has 1 aliphatic rings. The van der Waals surface area contributed by atoms with E-state index < -0.39 is 10.0 Å². The fourth-order valence-electron chi connectivity index (χ4n) is 2.40. The van der Waals surface area contributed by atoms with Gasteiger partial charge in [-0.25, -0.2) is 8.42 Å². The molecule has 128 valence electrons. The molecular weight excluding hydrogens is 316 g/mol. The van der Waals surface area contributed by atoms with Gasteiger partial charge in [-0.15, -0.1) is 0 Å². The fourth-order valence-corrected chi connectivity index (χ4v) is 4.05. The summed E-state index contributed by atoms with van der Waals surface area (Å²) in [5, 5.41) is 2.80. The summed E-state index contributed by atoms with van der Waals surface area (Å²) in [7, 11) is -3.63. The third-order valence-corrected chi connectivity index (χ3v) is 5.69. The third-order valence-electron chi connectivity index (χ3n) is 3.68. The molecule has 0 spiro atoms. The number of carbonyl (C=O) groups excluding carboxylic acids is 1. The van der Waals surface area contributed by atoms with Crippen molar-refractivity contribution in [2.45, 2.75) is 31.7 Å². The van der Waals surface area contributed by atoms with Crippen LogP contribution in [0.25, 0.3) is 0 Å². The van der Waals surface area contributed by atoms with E-state index in [1.807, 2.05) is 20.8 Å². The lowest BCUT2D eigenvalue weighted by Gasteiger charge is -2.32. The van der Waals surface area contributed by atoms with Crippen molar-refractivity contribution in [2.24, 2.45) is 5.92 Å². The average molecular weight is 340 g/mol. The molecule has 2 rings (SSSR count). The Hall–Kier alpha value is -1.44. The zero-order valence-corrected chi connectivity index (χ0v) is 14.6. The molecule has 7 heteroatoms. The Balaban J connectivity index is 2.23. The molecule has 0 bridgehead atoms. The molecule has 1 saturated heterocycles. The van der Waals surface area contributed by atoms with E-state index in [2.05, 4.69) is 5.32 Å². The van der Waals surface area contributed by atoms with Gasteiger partial charge in [0.15, 0.2) is 0 Å². The maximum Gasteiger partial charge on any atom is 0.251 e. The van der Waals surface area contributed by atoms with Crippen LogP contribution in [0.4, 0.5) is 0 Å². The average Bonchev–Trinajstić information content (AvgIpc) is 2.53. The Bertz CT molecular complexity index is 658. The Kier molecular flexibility index (Phi) is 5.78. The van der Waals surface area contributed by atoms with Crippen LogP contribution in [-0.4, -0.2) is 51.0 Å². The van der Waals surface area contributed by atoms with Gasteiger partial charge in [0.25, 0.3) is 5.91 Å². The number of sulfonamides is 1. The van der Waals surface area contributed by atoms with Gasteiger partial charge in [0.05, 0.1) is 18.1 Å². The second-order valence-corrected chi connectivity index (χ2v) is 8.06. The highest BCUT2D eigenvalue weighted by atomic mass is 32.2. The molecule has 1 N–H and O–H groups in total. The van der Waals surface area contributed by atoms with Crippen LogP contribution in [0.3, 0.4) is 0 Å². The fraction of sp³-hybridized carbons (Fsp3) is 0.562. The first-order valence-corrected chi connectivity index (χ1v) is 9.24. The number of nitrogens with one attached hydrogen (secondary N) is 1. The summed E-state index contributed by atoms with van der Waals surface area (Å²) in [6.07, 6.45) is 0. The molecule has 1 amide bonds. The normalized spacial score (nSPS) is 19.7. The van der Waals surface area contributed by atoms with Gasteiger partial charge >= 0.3 is 0 Å². The number of amides is 1. The lowest BCUT2D eigenvalue weighted by atomic mass is 10.2. The summed E-state index contributed by atoms with van der Waals surface area (Å²) in [6.45, 7) is 7.47. The summed E-state index contributed by atoms with van der Waals surface area (Å²) >= 11 is 0. The number of carbonyl (C=O) groups is 1. The van der Waals surface area contributed by atoms with Crippen molar-refractivity contribution in [1.29, 1.82) is 0 Å². The minimum absolute atomic E-state index is 0.142. The van der Waals surface area contributed by atoms with Gasteiger partial charge in [0.2, 0.25) is 10.0 Å². The van der Waals surface area contributed by atoms with Crippen molar-refractivity contribution >= 4 is 15.9 Å². The van der Waals surface area contributed by atoms with Gasteiger partial charge in [-0.05, 0) is 31.0 Å². The van der Waals surface area contributed by atoms with Crippen molar-refractivity contribution in [3.05, 3.63) is 29.8 Å². The molecule has 1 unspecified atom stereocenters. The van der Waals surface area contributed by atoms with Crippen molar-refractivity contribution in [2.75, 3.05) is 26.3 Å². The summed E-state index contributed by atoms with van der Waals surface area (Å²) in [5.41, 5.74) is 0.354. The summed E-state index contributed by atoms with van der Waals surface area (Å²) in [4.78, 5) is 12.3. The van der Waals surface area contributed by atoms with Gasteiger partial charge in [0.1, 0.15) is 0 Å². The van der Waals surface area contributed by atoms with Gasteiger partial charge in [-0.1, -0.05) is 19.9 Å². The number of nitrogens with zero attached hydrogens (tertiary/aromatic N) is 1. The number of morpholine rings is 1. The van der Waals surface area contributed by atoms with Crippen LogP contribution in [-0.2, 0) is 14.8 Å². The van der Waals surface area contributed by atoms with Crippen molar-refractivity contribution in [3.8, 4) is 0 Å². The second kappa shape index (κ2) is 7.42. The SMILES string of the molecule is CC(C)CNC(=O)c1cccc(S(=O)(=O)N2CCOCC2C)c1. The van der Waals surface area contributed by atoms with E-state index in [4.69, 9.17) is 4.74 Å². The topological polar surface area (TPSA) is 75.7 Å². The predicted molar refractivity (Wildman–Crippen MR) is 87.8 cm³/mol. The summed E-state index contributed by atoms with van der Waals surface area (Å²) in [6, 6.07) is 5.97.